The minimum atomic E-state index is -1.16. The van der Waals surface area contributed by atoms with Crippen LogP contribution >= 0.6 is 11.8 Å². The van der Waals surface area contributed by atoms with Crippen molar-refractivity contribution in [1.29, 1.82) is 0 Å². The van der Waals surface area contributed by atoms with E-state index in [0.717, 1.165) is 16.5 Å². The van der Waals surface area contributed by atoms with Gasteiger partial charge in [0, 0.05) is 35.4 Å². The molecule has 0 bridgehead atoms. The lowest BCUT2D eigenvalue weighted by Gasteiger charge is -2.21. The molecule has 0 radical (unpaired) electrons. The molecule has 0 aliphatic carbocycles. The number of H-pyrrole nitrogens is 2. The van der Waals surface area contributed by atoms with Gasteiger partial charge in [0.05, 0.1) is 18.9 Å². The Morgan fingerprint density at radius 2 is 1.86 bits per heavy atom. The van der Waals surface area contributed by atoms with Crippen molar-refractivity contribution in [1.82, 2.24) is 30.9 Å². The Bertz CT molecular complexity index is 1210. The van der Waals surface area contributed by atoms with Crippen molar-refractivity contribution >= 4 is 46.4 Å². The molecule has 0 fully saturated rings. The number of rotatable bonds is 14. The Morgan fingerprint density at radius 1 is 1.08 bits per heavy atom. The highest BCUT2D eigenvalue weighted by Gasteiger charge is 2.27. The summed E-state index contributed by atoms with van der Waals surface area (Å²) in [5, 5.41) is 17.9. The van der Waals surface area contributed by atoms with Crippen LogP contribution in [-0.2, 0) is 32.0 Å². The number of nitrogens with two attached hydrogens (primary N) is 1. The summed E-state index contributed by atoms with van der Waals surface area (Å²) in [4.78, 5) is 59.4. The van der Waals surface area contributed by atoms with Gasteiger partial charge in [-0.2, -0.15) is 11.8 Å². The molecule has 37 heavy (non-hydrogen) atoms. The maximum Gasteiger partial charge on any atom is 0.326 e. The maximum atomic E-state index is 12.9. The number of aliphatic carboxylic acids is 1. The second-order valence-electron chi connectivity index (χ2n) is 8.47. The van der Waals surface area contributed by atoms with E-state index in [4.69, 9.17) is 5.73 Å². The van der Waals surface area contributed by atoms with Crippen molar-refractivity contribution in [2.45, 2.75) is 37.4 Å². The van der Waals surface area contributed by atoms with Gasteiger partial charge in [-0.05, 0) is 36.5 Å². The minimum absolute atomic E-state index is 0.0560. The van der Waals surface area contributed by atoms with Gasteiger partial charge >= 0.3 is 5.97 Å². The van der Waals surface area contributed by atoms with Crippen LogP contribution < -0.4 is 21.7 Å². The molecule has 3 aromatic rings. The third-order valence-corrected chi connectivity index (χ3v) is 6.37. The molecular formula is C24H31N7O5S. The average Bonchev–Trinajstić information content (AvgIpc) is 3.54. The third kappa shape index (κ3) is 8.08. The van der Waals surface area contributed by atoms with Crippen LogP contribution in [0, 0.1) is 0 Å². The summed E-state index contributed by atoms with van der Waals surface area (Å²) in [6, 6.07) is 4.59. The molecule has 3 atom stereocenters. The van der Waals surface area contributed by atoms with E-state index in [1.807, 2.05) is 30.5 Å². The average molecular weight is 530 g/mol. The maximum absolute atomic E-state index is 12.9. The molecule has 0 saturated heterocycles. The van der Waals surface area contributed by atoms with E-state index in [0.29, 0.717) is 11.4 Å². The lowest BCUT2D eigenvalue weighted by Crippen LogP contribution is -2.54. The molecule has 8 N–H and O–H groups in total. The molecular weight excluding hydrogens is 498 g/mol. The molecule has 12 nitrogen and oxygen atoms in total. The lowest BCUT2D eigenvalue weighted by molar-refractivity contribution is -0.142. The highest BCUT2D eigenvalue weighted by molar-refractivity contribution is 7.98. The molecule has 3 unspecified atom stereocenters. The van der Waals surface area contributed by atoms with Gasteiger partial charge in [-0.25, -0.2) is 9.78 Å². The summed E-state index contributed by atoms with van der Waals surface area (Å²) in [5.74, 6) is -2.41. The quantitative estimate of drug-likeness (QED) is 0.151. The Kier molecular flexibility index (Phi) is 10.1. The van der Waals surface area contributed by atoms with E-state index in [1.165, 1.54) is 24.3 Å². The minimum Gasteiger partial charge on any atom is -0.480 e. The normalized spacial score (nSPS) is 13.5. The first-order chi connectivity index (χ1) is 17.8. The second-order valence-corrected chi connectivity index (χ2v) is 9.46. The number of aromatic nitrogens is 3. The number of fused-ring (bicyclic) bond motifs is 1. The zero-order valence-electron chi connectivity index (χ0n) is 20.3. The number of nitrogens with one attached hydrogen (secondary N) is 5. The summed E-state index contributed by atoms with van der Waals surface area (Å²) in [7, 11) is 0. The van der Waals surface area contributed by atoms with Crippen LogP contribution in [0.15, 0.2) is 43.0 Å². The Morgan fingerprint density at radius 3 is 2.57 bits per heavy atom. The van der Waals surface area contributed by atoms with Gasteiger partial charge < -0.3 is 36.8 Å². The molecule has 3 rings (SSSR count). The number of carboxylic acid groups (broad SMARTS) is 1. The fourth-order valence-corrected chi connectivity index (χ4v) is 4.24. The smallest absolute Gasteiger partial charge is 0.326 e. The van der Waals surface area contributed by atoms with E-state index in [-0.39, 0.29) is 19.3 Å². The fraction of sp³-hybridized carbons (Fsp3) is 0.375. The number of hydrogen-bond donors (Lipinski definition) is 7. The molecule has 13 heteroatoms. The van der Waals surface area contributed by atoms with Crippen molar-refractivity contribution in [2.24, 2.45) is 5.73 Å². The fourth-order valence-electron chi connectivity index (χ4n) is 3.76. The third-order valence-electron chi connectivity index (χ3n) is 5.73. The summed E-state index contributed by atoms with van der Waals surface area (Å²) >= 11 is 1.46. The number of benzene rings is 1. The van der Waals surface area contributed by atoms with E-state index >= 15 is 0 Å². The van der Waals surface area contributed by atoms with Crippen LogP contribution in [0.2, 0.25) is 0 Å². The Labute approximate surface area is 217 Å². The highest BCUT2D eigenvalue weighted by atomic mass is 32.2. The molecule has 0 aliphatic heterocycles. The molecule has 1 aromatic carbocycles. The molecule has 0 spiro atoms. The standard InChI is InChI=1S/C24H31N7O5S/c1-37-7-6-19(24(35)36)31-23(34)20(9-15-11-26-13-29-15)30-21(32)12-28-22(33)17(25)8-14-10-27-18-5-3-2-4-16(14)18/h2-5,10-11,13,17,19-20,27H,6-9,12,25H2,1H3,(H,26,29)(H,28,33)(H,30,32)(H,31,34)(H,35,36). The number of nitrogens with zero attached hydrogens (tertiary/aromatic N) is 1. The van der Waals surface area contributed by atoms with E-state index in [1.54, 1.807) is 6.20 Å². The first-order valence-electron chi connectivity index (χ1n) is 11.7. The molecule has 2 heterocycles. The molecule has 3 amide bonds. The largest absolute Gasteiger partial charge is 0.480 e. The highest BCUT2D eigenvalue weighted by Crippen LogP contribution is 2.18. The van der Waals surface area contributed by atoms with Crippen molar-refractivity contribution in [3.63, 3.8) is 0 Å². The van der Waals surface area contributed by atoms with Gasteiger partial charge in [0.25, 0.3) is 0 Å². The monoisotopic (exact) mass is 529 g/mol. The molecule has 0 aliphatic rings. The van der Waals surface area contributed by atoms with Gasteiger partial charge in [-0.1, -0.05) is 18.2 Å². The van der Waals surface area contributed by atoms with Crippen molar-refractivity contribution in [2.75, 3.05) is 18.6 Å². The topological polar surface area (TPSA) is 195 Å². The number of thioether (sulfide) groups is 1. The first-order valence-corrected chi connectivity index (χ1v) is 13.0. The van der Waals surface area contributed by atoms with E-state index in [2.05, 4.69) is 30.9 Å². The van der Waals surface area contributed by atoms with Gasteiger partial charge in [-0.15, -0.1) is 0 Å². The zero-order chi connectivity index (χ0) is 26.8. The Balaban J connectivity index is 1.56. The number of carbonyl (C=O) groups excluding carboxylic acids is 3. The van der Waals surface area contributed by atoms with Crippen LogP contribution in [0.1, 0.15) is 17.7 Å². The number of carboxylic acids is 1. The molecule has 198 valence electrons. The number of aromatic amines is 2. The predicted molar refractivity (Wildman–Crippen MR) is 140 cm³/mol. The van der Waals surface area contributed by atoms with Gasteiger partial charge in [0.15, 0.2) is 0 Å². The summed E-state index contributed by atoms with van der Waals surface area (Å²) in [6.45, 7) is -0.401. The second kappa shape index (κ2) is 13.5. The van der Waals surface area contributed by atoms with Crippen molar-refractivity contribution in [3.05, 3.63) is 54.2 Å². The van der Waals surface area contributed by atoms with Crippen molar-refractivity contribution < 1.29 is 24.3 Å². The summed E-state index contributed by atoms with van der Waals surface area (Å²) < 4.78 is 0. The number of para-hydroxylation sites is 1. The number of imidazole rings is 1. The van der Waals surface area contributed by atoms with Gasteiger partial charge in [0.1, 0.15) is 12.1 Å². The molecule has 2 aromatic heterocycles. The van der Waals surface area contributed by atoms with E-state index < -0.39 is 48.4 Å². The van der Waals surface area contributed by atoms with Gasteiger partial charge in [-0.3, -0.25) is 14.4 Å². The van der Waals surface area contributed by atoms with Crippen LogP contribution in [0.25, 0.3) is 10.9 Å². The van der Waals surface area contributed by atoms with Gasteiger partial charge in [0.2, 0.25) is 17.7 Å². The number of carbonyl (C=O) groups is 4. The van der Waals surface area contributed by atoms with Crippen LogP contribution in [-0.4, -0.2) is 80.4 Å². The SMILES string of the molecule is CSCCC(NC(=O)C(Cc1cnc[nH]1)NC(=O)CNC(=O)C(N)Cc1c[nH]c2ccccc12)C(=O)O. The summed E-state index contributed by atoms with van der Waals surface area (Å²) in [6.07, 6.45) is 7.13. The summed E-state index contributed by atoms with van der Waals surface area (Å²) in [5.41, 5.74) is 8.45. The van der Waals surface area contributed by atoms with Crippen LogP contribution in [0.3, 0.4) is 0 Å². The molecule has 0 saturated carbocycles. The van der Waals surface area contributed by atoms with Crippen LogP contribution in [0.5, 0.6) is 0 Å². The van der Waals surface area contributed by atoms with Crippen LogP contribution in [0.4, 0.5) is 0 Å². The van der Waals surface area contributed by atoms with E-state index in [9.17, 15) is 24.3 Å². The van der Waals surface area contributed by atoms with Crippen molar-refractivity contribution in [3.8, 4) is 0 Å². The number of hydrogen-bond acceptors (Lipinski definition) is 7. The number of amides is 3. The predicted octanol–water partition coefficient (Wildman–Crippen LogP) is -0.0730. The lowest BCUT2D eigenvalue weighted by atomic mass is 10.1. The Hall–Kier alpha value is -3.84. The first kappa shape index (κ1) is 27.7. The zero-order valence-corrected chi connectivity index (χ0v) is 21.1.